The molecule has 0 aliphatic carbocycles. The molecule has 0 saturated carbocycles. The monoisotopic (exact) mass is 586 g/mol. The molecule has 4 bridgehead atoms. The summed E-state index contributed by atoms with van der Waals surface area (Å²) in [4.78, 5) is 72.7. The lowest BCUT2D eigenvalue weighted by Crippen LogP contribution is -2.15. The quantitative estimate of drug-likeness (QED) is 0.131. The molecule has 6 rings (SSSR count). The van der Waals surface area contributed by atoms with Crippen LogP contribution in [0.4, 0.5) is 0 Å². The normalized spacial score (nSPS) is 13.3. The van der Waals surface area contributed by atoms with Crippen molar-refractivity contribution in [3.05, 3.63) is 117 Å². The number of carbonyl (C=O) groups excluding carboxylic acids is 4. The maximum atomic E-state index is 13.3. The van der Waals surface area contributed by atoms with Gasteiger partial charge in [-0.05, 0) is 75.2 Å². The predicted octanol–water partition coefficient (Wildman–Crippen LogP) is 6.48. The highest BCUT2D eigenvalue weighted by atomic mass is 17.2. The van der Waals surface area contributed by atoms with E-state index in [0.29, 0.717) is 67.5 Å². The molecule has 4 aromatic rings. The zero-order valence-corrected chi connectivity index (χ0v) is 24.3. The Hall–Kier alpha value is -5.68. The van der Waals surface area contributed by atoms with Crippen LogP contribution in [0, 0.1) is 37.5 Å². The summed E-state index contributed by atoms with van der Waals surface area (Å²) in [7, 11) is 0. The molecule has 2 aliphatic heterocycles. The number of Topliss-reactive ketones (excluding diaryl/α,β-unsaturated/α-hetero) is 2. The standard InChI is InChI=1S/C36H26O8/c1-19(33(37)23-7-9-24(10-8-23)35(39)27-13-11-25-17-31(27)43-41-25)5-6-20(2)34(38)29-15-22(4)30(16-21(29)3)36(40)28-14-12-26-18-32(28)44-42-26/h7-20H,1-4H3. The van der Waals surface area contributed by atoms with Gasteiger partial charge in [-0.2, -0.15) is 0 Å². The Balaban J connectivity index is 1.13. The van der Waals surface area contributed by atoms with Crippen molar-refractivity contribution in [2.24, 2.45) is 11.8 Å². The number of rotatable bonds is 8. The molecule has 8 nitrogen and oxygen atoms in total. The highest BCUT2D eigenvalue weighted by Crippen LogP contribution is 2.34. The van der Waals surface area contributed by atoms with Gasteiger partial charge < -0.3 is 0 Å². The van der Waals surface area contributed by atoms with Gasteiger partial charge in [0.1, 0.15) is 0 Å². The molecule has 8 heteroatoms. The summed E-state index contributed by atoms with van der Waals surface area (Å²) in [5.41, 5.74) is 3.75. The largest absolute Gasteiger partial charge is 0.293 e. The van der Waals surface area contributed by atoms with Gasteiger partial charge in [-0.15, -0.1) is 0 Å². The van der Waals surface area contributed by atoms with Crippen LogP contribution in [0.2, 0.25) is 0 Å². The summed E-state index contributed by atoms with van der Waals surface area (Å²) in [6.07, 6.45) is 0. The Morgan fingerprint density at radius 1 is 0.523 bits per heavy atom. The Labute approximate surface area is 253 Å². The molecule has 2 aliphatic rings. The van der Waals surface area contributed by atoms with Gasteiger partial charge in [-0.1, -0.05) is 36.1 Å². The third-order valence-corrected chi connectivity index (χ3v) is 7.67. The van der Waals surface area contributed by atoms with Crippen LogP contribution in [0.5, 0.6) is 23.0 Å². The van der Waals surface area contributed by atoms with E-state index in [1.807, 2.05) is 0 Å². The van der Waals surface area contributed by atoms with Crippen LogP contribution in [0.15, 0.2) is 72.8 Å². The van der Waals surface area contributed by atoms with Crippen molar-refractivity contribution in [2.45, 2.75) is 27.7 Å². The Morgan fingerprint density at radius 3 is 1.59 bits per heavy atom. The van der Waals surface area contributed by atoms with Gasteiger partial charge in [-0.25, -0.2) is 0 Å². The fourth-order valence-electron chi connectivity index (χ4n) is 5.09. The van der Waals surface area contributed by atoms with Crippen molar-refractivity contribution < 1.29 is 38.7 Å². The maximum Gasteiger partial charge on any atom is 0.197 e. The minimum absolute atomic E-state index is 0.204. The highest BCUT2D eigenvalue weighted by Gasteiger charge is 2.25. The minimum atomic E-state index is -0.682. The van der Waals surface area contributed by atoms with E-state index in [4.69, 9.17) is 19.6 Å². The first-order valence-corrected chi connectivity index (χ1v) is 14.0. The number of hydrogen-bond acceptors (Lipinski definition) is 8. The van der Waals surface area contributed by atoms with Gasteiger partial charge in [0.25, 0.3) is 0 Å². The molecule has 0 amide bonds. The SMILES string of the molecule is Cc1cc(C(=O)C(C)C#CC(C)C(=O)c2ccc(C(=O)c3ccc4cc3OO4)cc2)c(C)cc1C(=O)c1ccc2cc1OO2. The predicted molar refractivity (Wildman–Crippen MR) is 159 cm³/mol. The average Bonchev–Trinajstić information content (AvgIpc) is 3.60. The zero-order valence-electron chi connectivity index (χ0n) is 24.3. The van der Waals surface area contributed by atoms with Crippen molar-refractivity contribution in [3.63, 3.8) is 0 Å². The molecule has 0 aromatic heterocycles. The van der Waals surface area contributed by atoms with Crippen molar-refractivity contribution in [3.8, 4) is 34.8 Å². The van der Waals surface area contributed by atoms with E-state index in [1.54, 1.807) is 100 Å². The van der Waals surface area contributed by atoms with E-state index in [0.717, 1.165) is 0 Å². The van der Waals surface area contributed by atoms with Crippen LogP contribution < -0.4 is 19.6 Å². The molecule has 2 heterocycles. The molecule has 0 radical (unpaired) electrons. The smallest absolute Gasteiger partial charge is 0.197 e. The van der Waals surface area contributed by atoms with Gasteiger partial charge in [0.05, 0.1) is 23.0 Å². The molecular weight excluding hydrogens is 560 g/mol. The van der Waals surface area contributed by atoms with E-state index in [1.165, 1.54) is 0 Å². The van der Waals surface area contributed by atoms with E-state index >= 15 is 0 Å². The van der Waals surface area contributed by atoms with Crippen molar-refractivity contribution in [1.82, 2.24) is 0 Å². The summed E-state index contributed by atoms with van der Waals surface area (Å²) in [5.74, 6) is 5.34. The lowest BCUT2D eigenvalue weighted by molar-refractivity contribution is -0.0849. The highest BCUT2D eigenvalue weighted by molar-refractivity contribution is 6.13. The van der Waals surface area contributed by atoms with Crippen LogP contribution in [-0.2, 0) is 0 Å². The molecule has 44 heavy (non-hydrogen) atoms. The second-order valence-electron chi connectivity index (χ2n) is 10.8. The molecule has 0 spiro atoms. The topological polar surface area (TPSA) is 105 Å². The number of carbonyl (C=O) groups is 4. The molecule has 0 fully saturated rings. The molecule has 218 valence electrons. The summed E-state index contributed by atoms with van der Waals surface area (Å²) in [6, 6.07) is 19.6. The Bertz CT molecular complexity index is 1940. The van der Waals surface area contributed by atoms with Gasteiger partial charge in [0.2, 0.25) is 0 Å². The van der Waals surface area contributed by atoms with Crippen LogP contribution in [0.3, 0.4) is 0 Å². The summed E-state index contributed by atoms with van der Waals surface area (Å²) >= 11 is 0. The molecular formula is C36H26O8. The fraction of sp³-hybridized carbons (Fsp3) is 0.167. The lowest BCUT2D eigenvalue weighted by atomic mass is 9.89. The molecule has 2 atom stereocenters. The number of ketones is 4. The van der Waals surface area contributed by atoms with E-state index in [9.17, 15) is 19.2 Å². The average molecular weight is 587 g/mol. The number of benzene rings is 4. The summed E-state index contributed by atoms with van der Waals surface area (Å²) in [5, 5.41) is 0. The molecule has 2 unspecified atom stereocenters. The third kappa shape index (κ3) is 5.20. The van der Waals surface area contributed by atoms with E-state index in [2.05, 4.69) is 11.8 Å². The number of aryl methyl sites for hydroxylation is 2. The number of hydrogen-bond donors (Lipinski definition) is 0. The maximum absolute atomic E-state index is 13.3. The molecule has 0 saturated heterocycles. The van der Waals surface area contributed by atoms with E-state index in [-0.39, 0.29) is 23.1 Å². The van der Waals surface area contributed by atoms with Crippen molar-refractivity contribution >= 4 is 23.1 Å². The number of fused-ring (bicyclic) bond motifs is 4. The molecule has 0 N–H and O–H groups in total. The zero-order chi connectivity index (χ0) is 31.1. The second-order valence-corrected chi connectivity index (χ2v) is 10.8. The van der Waals surface area contributed by atoms with Gasteiger partial charge >= 0.3 is 0 Å². The summed E-state index contributed by atoms with van der Waals surface area (Å²) in [6.45, 7) is 6.91. The van der Waals surface area contributed by atoms with Crippen LogP contribution >= 0.6 is 0 Å². The first-order valence-electron chi connectivity index (χ1n) is 14.0. The van der Waals surface area contributed by atoms with Gasteiger partial charge in [0, 0.05) is 34.4 Å². The third-order valence-electron chi connectivity index (χ3n) is 7.67. The Morgan fingerprint density at radius 2 is 1.00 bits per heavy atom. The van der Waals surface area contributed by atoms with Crippen molar-refractivity contribution in [1.29, 1.82) is 0 Å². The van der Waals surface area contributed by atoms with Crippen LogP contribution in [-0.4, -0.2) is 23.1 Å². The first kappa shape index (κ1) is 28.4. The van der Waals surface area contributed by atoms with Gasteiger partial charge in [-0.3, -0.25) is 38.7 Å². The minimum Gasteiger partial charge on any atom is -0.293 e. The molecule has 4 aromatic carbocycles. The second kappa shape index (κ2) is 11.2. The van der Waals surface area contributed by atoms with Gasteiger partial charge in [0.15, 0.2) is 46.1 Å². The summed E-state index contributed by atoms with van der Waals surface area (Å²) < 4.78 is 0. The lowest BCUT2D eigenvalue weighted by Gasteiger charge is -2.13. The van der Waals surface area contributed by atoms with Crippen LogP contribution in [0.1, 0.15) is 77.5 Å². The fourth-order valence-corrected chi connectivity index (χ4v) is 5.09. The van der Waals surface area contributed by atoms with Crippen molar-refractivity contribution in [2.75, 3.05) is 0 Å². The van der Waals surface area contributed by atoms with Crippen LogP contribution in [0.25, 0.3) is 0 Å². The first-order chi connectivity index (χ1) is 21.1. The van der Waals surface area contributed by atoms with E-state index < -0.39 is 11.8 Å². The Kier molecular flexibility index (Phi) is 7.23.